The highest BCUT2D eigenvalue weighted by Crippen LogP contribution is 2.43. The number of anilines is 1. The van der Waals surface area contributed by atoms with Crippen LogP contribution >= 0.6 is 11.3 Å². The van der Waals surface area contributed by atoms with E-state index in [0.717, 1.165) is 28.4 Å². The van der Waals surface area contributed by atoms with E-state index in [1.54, 1.807) is 36.6 Å². The van der Waals surface area contributed by atoms with Gasteiger partial charge in [0.05, 0.1) is 16.1 Å². The number of aliphatic hydroxyl groups excluding tert-OH is 1. The van der Waals surface area contributed by atoms with E-state index >= 15 is 0 Å². The SMILES string of the molecule is Cc1ccc(C2C(C(=O)c3cccs3)=C(O)C(=O)N2c2ccc(F)cc2F)o1. The second-order valence-electron chi connectivity index (χ2n) is 6.19. The second-order valence-corrected chi connectivity index (χ2v) is 7.14. The summed E-state index contributed by atoms with van der Waals surface area (Å²) in [6, 6.07) is 7.91. The molecular formula is C20H13F2NO4S. The first kappa shape index (κ1) is 18.1. The van der Waals surface area contributed by atoms with Gasteiger partial charge in [-0.15, -0.1) is 11.3 Å². The monoisotopic (exact) mass is 401 g/mol. The Morgan fingerprint density at radius 3 is 2.61 bits per heavy atom. The van der Waals surface area contributed by atoms with Crippen molar-refractivity contribution in [1.29, 1.82) is 0 Å². The fourth-order valence-corrected chi connectivity index (χ4v) is 3.85. The van der Waals surface area contributed by atoms with Gasteiger partial charge in [0, 0.05) is 6.07 Å². The predicted octanol–water partition coefficient (Wildman–Crippen LogP) is 4.71. The maximum absolute atomic E-state index is 14.5. The maximum atomic E-state index is 14.5. The Hall–Kier alpha value is -3.26. The average Bonchev–Trinajstić information content (AvgIpc) is 3.37. The molecule has 0 aliphatic carbocycles. The Bertz CT molecular complexity index is 1120. The largest absolute Gasteiger partial charge is 0.503 e. The minimum absolute atomic E-state index is 0.179. The highest BCUT2D eigenvalue weighted by atomic mass is 32.1. The van der Waals surface area contributed by atoms with E-state index in [4.69, 9.17) is 4.42 Å². The van der Waals surface area contributed by atoms with E-state index in [1.807, 2.05) is 0 Å². The van der Waals surface area contributed by atoms with Gasteiger partial charge in [0.25, 0.3) is 5.91 Å². The Balaban J connectivity index is 1.90. The number of aliphatic hydroxyl groups is 1. The van der Waals surface area contributed by atoms with Crippen LogP contribution in [0.25, 0.3) is 0 Å². The van der Waals surface area contributed by atoms with Gasteiger partial charge in [0.1, 0.15) is 29.2 Å². The van der Waals surface area contributed by atoms with Gasteiger partial charge in [0.2, 0.25) is 5.78 Å². The number of nitrogens with zero attached hydrogens (tertiary/aromatic N) is 1. The quantitative estimate of drug-likeness (QED) is 0.643. The van der Waals surface area contributed by atoms with Crippen molar-refractivity contribution in [1.82, 2.24) is 0 Å². The average molecular weight is 401 g/mol. The van der Waals surface area contributed by atoms with Crippen molar-refractivity contribution in [3.8, 4) is 0 Å². The van der Waals surface area contributed by atoms with Crippen LogP contribution in [0.15, 0.2) is 63.6 Å². The zero-order valence-corrected chi connectivity index (χ0v) is 15.3. The van der Waals surface area contributed by atoms with Crippen LogP contribution in [0.5, 0.6) is 0 Å². The highest BCUT2D eigenvalue weighted by molar-refractivity contribution is 7.12. The molecule has 0 spiro atoms. The summed E-state index contributed by atoms with van der Waals surface area (Å²) in [5, 5.41) is 12.2. The van der Waals surface area contributed by atoms with Crippen LogP contribution in [0.2, 0.25) is 0 Å². The molecule has 0 fully saturated rings. The highest BCUT2D eigenvalue weighted by Gasteiger charge is 2.47. The summed E-state index contributed by atoms with van der Waals surface area (Å²) in [4.78, 5) is 27.0. The van der Waals surface area contributed by atoms with Gasteiger partial charge in [-0.2, -0.15) is 0 Å². The summed E-state index contributed by atoms with van der Waals surface area (Å²) >= 11 is 1.15. The first-order valence-corrected chi connectivity index (χ1v) is 9.12. The van der Waals surface area contributed by atoms with Gasteiger partial charge in [0.15, 0.2) is 5.76 Å². The van der Waals surface area contributed by atoms with E-state index in [2.05, 4.69) is 0 Å². The van der Waals surface area contributed by atoms with Crippen molar-refractivity contribution in [2.45, 2.75) is 13.0 Å². The summed E-state index contributed by atoms with van der Waals surface area (Å²) in [5.74, 6) is -3.45. The van der Waals surface area contributed by atoms with E-state index in [9.17, 15) is 23.5 Å². The zero-order chi connectivity index (χ0) is 20.0. The van der Waals surface area contributed by atoms with Crippen molar-refractivity contribution in [2.75, 3.05) is 4.90 Å². The van der Waals surface area contributed by atoms with Crippen molar-refractivity contribution in [3.05, 3.63) is 87.2 Å². The van der Waals surface area contributed by atoms with Gasteiger partial charge >= 0.3 is 0 Å². The van der Waals surface area contributed by atoms with Crippen LogP contribution in [0.3, 0.4) is 0 Å². The molecule has 28 heavy (non-hydrogen) atoms. The third kappa shape index (κ3) is 2.82. The van der Waals surface area contributed by atoms with E-state index in [0.29, 0.717) is 16.7 Å². The molecule has 1 aliphatic heterocycles. The zero-order valence-electron chi connectivity index (χ0n) is 14.5. The molecule has 4 rings (SSSR count). The van der Waals surface area contributed by atoms with Gasteiger partial charge < -0.3 is 9.52 Å². The lowest BCUT2D eigenvalue weighted by Crippen LogP contribution is -2.31. The number of carbonyl (C=O) groups excluding carboxylic acids is 2. The Labute approximate surface area is 162 Å². The molecular weight excluding hydrogens is 388 g/mol. The lowest BCUT2D eigenvalue weighted by molar-refractivity contribution is -0.117. The molecule has 0 radical (unpaired) electrons. The second kappa shape index (κ2) is 6.72. The molecule has 2 aromatic heterocycles. The fraction of sp³-hybridized carbons (Fsp3) is 0.100. The smallest absolute Gasteiger partial charge is 0.294 e. The molecule has 8 heteroatoms. The Morgan fingerprint density at radius 1 is 1.21 bits per heavy atom. The standard InChI is InChI=1S/C20H13F2NO4S/c1-10-4-7-14(27-10)17-16(18(24)15-3-2-8-28-15)19(25)20(26)23(17)13-6-5-11(21)9-12(13)22/h2-9,17,25H,1H3. The topological polar surface area (TPSA) is 70.8 Å². The van der Waals surface area contributed by atoms with Gasteiger partial charge in [-0.3, -0.25) is 14.5 Å². The summed E-state index contributed by atoms with van der Waals surface area (Å²) in [5.41, 5.74) is -0.489. The van der Waals surface area contributed by atoms with Crippen molar-refractivity contribution in [3.63, 3.8) is 0 Å². The number of benzene rings is 1. The number of halogens is 2. The first-order valence-electron chi connectivity index (χ1n) is 8.24. The summed E-state index contributed by atoms with van der Waals surface area (Å²) < 4.78 is 33.4. The number of thiophene rings is 1. The lowest BCUT2D eigenvalue weighted by atomic mass is 10.00. The van der Waals surface area contributed by atoms with E-state index in [-0.39, 0.29) is 17.0 Å². The summed E-state index contributed by atoms with van der Waals surface area (Å²) in [7, 11) is 0. The Morgan fingerprint density at radius 2 is 2.00 bits per heavy atom. The molecule has 1 aliphatic rings. The molecule has 1 unspecified atom stereocenters. The van der Waals surface area contributed by atoms with Crippen LogP contribution in [0.4, 0.5) is 14.5 Å². The number of Topliss-reactive ketones (excluding diaryl/α,β-unsaturated/α-hetero) is 1. The van der Waals surface area contributed by atoms with Crippen molar-refractivity contribution in [2.24, 2.45) is 0 Å². The third-order valence-corrected chi connectivity index (χ3v) is 5.27. The molecule has 1 amide bonds. The fourth-order valence-electron chi connectivity index (χ4n) is 3.17. The van der Waals surface area contributed by atoms with Crippen molar-refractivity contribution < 1.29 is 27.9 Å². The molecule has 1 N–H and O–H groups in total. The van der Waals surface area contributed by atoms with Crippen LogP contribution < -0.4 is 4.90 Å². The third-order valence-electron chi connectivity index (χ3n) is 4.40. The first-order chi connectivity index (χ1) is 13.4. The van der Waals surface area contributed by atoms with Gasteiger partial charge in [-0.25, -0.2) is 8.78 Å². The minimum Gasteiger partial charge on any atom is -0.503 e. The molecule has 0 saturated heterocycles. The Kier molecular flexibility index (Phi) is 4.35. The van der Waals surface area contributed by atoms with Crippen LogP contribution in [-0.2, 0) is 4.79 Å². The maximum Gasteiger partial charge on any atom is 0.294 e. The number of carbonyl (C=O) groups is 2. The molecule has 0 saturated carbocycles. The van der Waals surface area contributed by atoms with Crippen LogP contribution in [0, 0.1) is 18.6 Å². The number of hydrogen-bond acceptors (Lipinski definition) is 5. The summed E-state index contributed by atoms with van der Waals surface area (Å²) in [6.45, 7) is 1.67. The number of ketones is 1. The van der Waals surface area contributed by atoms with Gasteiger partial charge in [-0.1, -0.05) is 6.07 Å². The molecule has 142 valence electrons. The number of furan rings is 1. The van der Waals surface area contributed by atoms with E-state index in [1.165, 1.54) is 0 Å². The van der Waals surface area contributed by atoms with Crippen molar-refractivity contribution >= 4 is 28.7 Å². The van der Waals surface area contributed by atoms with Gasteiger partial charge in [-0.05, 0) is 42.6 Å². The number of amides is 1. The molecule has 1 atom stereocenters. The summed E-state index contributed by atoms with van der Waals surface area (Å²) in [6.07, 6.45) is 0. The molecule has 5 nitrogen and oxygen atoms in total. The number of rotatable bonds is 4. The lowest BCUT2D eigenvalue weighted by Gasteiger charge is -2.25. The normalized spacial score (nSPS) is 16.9. The molecule has 1 aromatic carbocycles. The van der Waals surface area contributed by atoms with Crippen LogP contribution in [0.1, 0.15) is 27.2 Å². The molecule has 3 aromatic rings. The van der Waals surface area contributed by atoms with Crippen LogP contribution in [-0.4, -0.2) is 16.8 Å². The van der Waals surface area contributed by atoms with E-state index < -0.39 is 35.1 Å². The number of hydrogen-bond donors (Lipinski definition) is 1. The molecule has 0 bridgehead atoms. The molecule has 3 heterocycles. The minimum atomic E-state index is -1.18. The predicted molar refractivity (Wildman–Crippen MR) is 98.3 cm³/mol. The number of aryl methyl sites for hydroxylation is 1.